The summed E-state index contributed by atoms with van der Waals surface area (Å²) in [5.41, 5.74) is 0.779. The average Bonchev–Trinajstić information content (AvgIpc) is 2.47. The average molecular weight is 384 g/mol. The summed E-state index contributed by atoms with van der Waals surface area (Å²) < 4.78 is 7.14. The van der Waals surface area contributed by atoms with Crippen molar-refractivity contribution in [2.45, 2.75) is 13.3 Å². The third kappa shape index (κ3) is 2.74. The van der Waals surface area contributed by atoms with Crippen LogP contribution in [0, 0.1) is 3.57 Å². The van der Waals surface area contributed by atoms with Crippen molar-refractivity contribution in [2.24, 2.45) is 0 Å². The molecular weight excluding hydrogens is 371 g/mol. The smallest absolute Gasteiger partial charge is 0.362 e. The Morgan fingerprint density at radius 3 is 2.70 bits per heavy atom. The van der Waals surface area contributed by atoms with E-state index in [1.807, 2.05) is 31.2 Å². The van der Waals surface area contributed by atoms with Crippen LogP contribution in [0.3, 0.4) is 0 Å². The molecule has 0 atom stereocenters. The van der Waals surface area contributed by atoms with E-state index in [0.717, 1.165) is 9.26 Å². The molecule has 0 bridgehead atoms. The normalized spacial score (nSPS) is 10.3. The fourth-order valence-electron chi connectivity index (χ4n) is 1.78. The minimum atomic E-state index is -0.718. The molecular formula is C14H13IN2O3. The highest BCUT2D eigenvalue weighted by Crippen LogP contribution is 2.15. The van der Waals surface area contributed by atoms with E-state index in [-0.39, 0.29) is 11.1 Å². The number of aryl methyl sites for hydroxylation is 1. The van der Waals surface area contributed by atoms with Gasteiger partial charge in [-0.2, -0.15) is 5.10 Å². The van der Waals surface area contributed by atoms with Crippen LogP contribution < -0.4 is 5.43 Å². The summed E-state index contributed by atoms with van der Waals surface area (Å²) in [4.78, 5) is 23.8. The van der Waals surface area contributed by atoms with Gasteiger partial charge in [0.1, 0.15) is 0 Å². The van der Waals surface area contributed by atoms with E-state index in [1.54, 1.807) is 10.9 Å². The number of carbonyl (C=O) groups excluding carboxylic acids is 1. The number of aromatic nitrogens is 2. The predicted molar refractivity (Wildman–Crippen MR) is 83.3 cm³/mol. The van der Waals surface area contributed by atoms with Gasteiger partial charge in [-0.15, -0.1) is 0 Å². The van der Waals surface area contributed by atoms with Crippen molar-refractivity contribution in [3.05, 3.63) is 55.5 Å². The van der Waals surface area contributed by atoms with E-state index in [4.69, 9.17) is 0 Å². The molecule has 0 aliphatic rings. The zero-order valence-electron chi connectivity index (χ0n) is 11.1. The van der Waals surface area contributed by atoms with Gasteiger partial charge in [-0.05, 0) is 41.1 Å². The Kier molecular flexibility index (Phi) is 4.53. The summed E-state index contributed by atoms with van der Waals surface area (Å²) in [5.74, 6) is -0.718. The Bertz CT molecular complexity index is 710. The van der Waals surface area contributed by atoms with Gasteiger partial charge in [-0.25, -0.2) is 9.48 Å². The number of hydrogen-bond acceptors (Lipinski definition) is 4. The van der Waals surface area contributed by atoms with Crippen molar-refractivity contribution in [3.63, 3.8) is 0 Å². The van der Waals surface area contributed by atoms with Crippen molar-refractivity contribution >= 4 is 28.6 Å². The van der Waals surface area contributed by atoms with E-state index >= 15 is 0 Å². The minimum absolute atomic E-state index is 0.188. The lowest BCUT2D eigenvalue weighted by Crippen LogP contribution is -2.25. The maximum absolute atomic E-state index is 12.1. The Labute approximate surface area is 129 Å². The van der Waals surface area contributed by atoms with Gasteiger partial charge < -0.3 is 4.74 Å². The van der Waals surface area contributed by atoms with E-state index in [9.17, 15) is 9.59 Å². The Morgan fingerprint density at radius 2 is 2.10 bits per heavy atom. The summed E-state index contributed by atoms with van der Waals surface area (Å²) in [6.45, 7) is 1.86. The molecule has 1 aromatic carbocycles. The number of ether oxygens (including phenoxy) is 1. The van der Waals surface area contributed by atoms with Crippen LogP contribution >= 0.6 is 22.6 Å². The molecule has 2 rings (SSSR count). The van der Waals surface area contributed by atoms with Crippen molar-refractivity contribution in [3.8, 4) is 5.69 Å². The van der Waals surface area contributed by atoms with Gasteiger partial charge in [0.15, 0.2) is 0 Å². The summed E-state index contributed by atoms with van der Waals surface area (Å²) >= 11 is 2.18. The lowest BCUT2D eigenvalue weighted by atomic mass is 10.2. The molecule has 0 amide bonds. The molecule has 6 heteroatoms. The van der Waals surface area contributed by atoms with Gasteiger partial charge >= 0.3 is 5.97 Å². The molecule has 0 aliphatic heterocycles. The number of para-hydroxylation sites is 1. The van der Waals surface area contributed by atoms with Crippen LogP contribution in [-0.4, -0.2) is 22.9 Å². The molecule has 0 N–H and O–H groups in total. The topological polar surface area (TPSA) is 61.2 Å². The second-order valence-corrected chi connectivity index (χ2v) is 5.24. The molecule has 0 saturated carbocycles. The molecule has 20 heavy (non-hydrogen) atoms. The van der Waals surface area contributed by atoms with E-state index in [1.165, 1.54) is 7.11 Å². The fourth-order valence-corrected chi connectivity index (χ4v) is 2.42. The molecule has 1 heterocycles. The lowest BCUT2D eigenvalue weighted by Gasteiger charge is -2.10. The Morgan fingerprint density at radius 1 is 1.40 bits per heavy atom. The molecule has 104 valence electrons. The van der Waals surface area contributed by atoms with Crippen LogP contribution in [0.25, 0.3) is 5.69 Å². The number of esters is 1. The zero-order valence-corrected chi connectivity index (χ0v) is 13.2. The van der Waals surface area contributed by atoms with E-state index < -0.39 is 5.97 Å². The van der Waals surface area contributed by atoms with Crippen molar-refractivity contribution in [1.82, 2.24) is 9.78 Å². The van der Waals surface area contributed by atoms with Crippen LogP contribution in [0.4, 0.5) is 0 Å². The minimum Gasteiger partial charge on any atom is -0.464 e. The predicted octanol–water partition coefficient (Wildman–Crippen LogP) is 2.19. The quantitative estimate of drug-likeness (QED) is 0.602. The first-order valence-electron chi connectivity index (χ1n) is 6.04. The summed E-state index contributed by atoms with van der Waals surface area (Å²) in [5, 5.41) is 4.11. The third-order valence-electron chi connectivity index (χ3n) is 2.85. The van der Waals surface area contributed by atoms with E-state index in [0.29, 0.717) is 12.0 Å². The second kappa shape index (κ2) is 6.17. The summed E-state index contributed by atoms with van der Waals surface area (Å²) in [6, 6.07) is 7.59. The van der Waals surface area contributed by atoms with Crippen molar-refractivity contribution < 1.29 is 9.53 Å². The first-order valence-corrected chi connectivity index (χ1v) is 7.12. The first-order chi connectivity index (χ1) is 9.58. The van der Waals surface area contributed by atoms with Crippen LogP contribution in [-0.2, 0) is 11.2 Å². The maximum atomic E-state index is 12.1. The number of nitrogens with zero attached hydrogens (tertiary/aromatic N) is 2. The lowest BCUT2D eigenvalue weighted by molar-refractivity contribution is 0.0590. The molecule has 5 nitrogen and oxygen atoms in total. The molecule has 0 unspecified atom stereocenters. The maximum Gasteiger partial charge on any atom is 0.362 e. The highest BCUT2D eigenvalue weighted by molar-refractivity contribution is 14.1. The number of carbonyl (C=O) groups is 1. The second-order valence-electron chi connectivity index (χ2n) is 4.07. The highest BCUT2D eigenvalue weighted by Gasteiger charge is 2.17. The van der Waals surface area contributed by atoms with Crippen LogP contribution in [0.1, 0.15) is 23.0 Å². The molecule has 0 saturated heterocycles. The number of hydrogen-bond donors (Lipinski definition) is 0. The van der Waals surface area contributed by atoms with Gasteiger partial charge in [0.05, 0.1) is 12.8 Å². The number of benzene rings is 1. The number of rotatable bonds is 3. The SMILES string of the molecule is CCc1cn(-c2ccccc2I)nc(C(=O)OC)c1=O. The van der Waals surface area contributed by atoms with Crippen LogP contribution in [0.2, 0.25) is 0 Å². The van der Waals surface area contributed by atoms with E-state index in [2.05, 4.69) is 32.4 Å². The molecule has 0 fully saturated rings. The van der Waals surface area contributed by atoms with Crippen molar-refractivity contribution in [1.29, 1.82) is 0 Å². The molecule has 1 aromatic heterocycles. The van der Waals surface area contributed by atoms with Gasteiger partial charge in [0.25, 0.3) is 0 Å². The largest absolute Gasteiger partial charge is 0.464 e. The third-order valence-corrected chi connectivity index (χ3v) is 3.76. The van der Waals surface area contributed by atoms with Gasteiger partial charge in [0.2, 0.25) is 11.1 Å². The summed E-state index contributed by atoms with van der Waals surface area (Å²) in [7, 11) is 1.23. The zero-order chi connectivity index (χ0) is 14.7. The van der Waals surface area contributed by atoms with Gasteiger partial charge in [0, 0.05) is 15.3 Å². The monoisotopic (exact) mass is 384 g/mol. The number of methoxy groups -OCH3 is 1. The highest BCUT2D eigenvalue weighted by atomic mass is 127. The first kappa shape index (κ1) is 14.7. The van der Waals surface area contributed by atoms with Crippen LogP contribution in [0.15, 0.2) is 35.3 Å². The fraction of sp³-hybridized carbons (Fsp3) is 0.214. The molecule has 2 aromatic rings. The molecule has 0 radical (unpaired) electrons. The Balaban J connectivity index is 2.70. The Hall–Kier alpha value is -1.70. The van der Waals surface area contributed by atoms with Gasteiger partial charge in [-0.1, -0.05) is 19.1 Å². The van der Waals surface area contributed by atoms with Crippen molar-refractivity contribution in [2.75, 3.05) is 7.11 Å². The number of halogens is 1. The van der Waals surface area contributed by atoms with Gasteiger partial charge in [-0.3, -0.25) is 4.79 Å². The molecule has 0 spiro atoms. The molecule has 0 aliphatic carbocycles. The standard InChI is InChI=1S/C14H13IN2O3/c1-3-9-8-17(11-7-5-4-6-10(11)15)16-12(13(9)18)14(19)20-2/h4-8H,3H2,1-2H3. The summed E-state index contributed by atoms with van der Waals surface area (Å²) in [6.07, 6.45) is 2.18. The van der Waals surface area contributed by atoms with Crippen LogP contribution in [0.5, 0.6) is 0 Å².